The van der Waals surface area contributed by atoms with Crippen LogP contribution in [0.1, 0.15) is 5.56 Å². The average molecular weight is 410 g/mol. The van der Waals surface area contributed by atoms with Crippen LogP contribution in [0.5, 0.6) is 11.5 Å². The molecule has 0 N–H and O–H groups in total. The van der Waals surface area contributed by atoms with Crippen molar-refractivity contribution in [2.45, 2.75) is 6.54 Å². The van der Waals surface area contributed by atoms with Crippen LogP contribution in [0.15, 0.2) is 84.6 Å². The van der Waals surface area contributed by atoms with Gasteiger partial charge in [0.2, 0.25) is 0 Å². The molecule has 0 aliphatic carbocycles. The van der Waals surface area contributed by atoms with Gasteiger partial charge in [-0.3, -0.25) is 24.0 Å². The summed E-state index contributed by atoms with van der Waals surface area (Å²) in [5.74, 6) is 1.17. The van der Waals surface area contributed by atoms with Gasteiger partial charge in [0.1, 0.15) is 11.5 Å². The van der Waals surface area contributed by atoms with Crippen LogP contribution in [0.25, 0.3) is 22.2 Å². The van der Waals surface area contributed by atoms with Crippen LogP contribution in [0.2, 0.25) is 0 Å². The third-order valence-corrected chi connectivity index (χ3v) is 4.84. The lowest BCUT2D eigenvalue weighted by atomic mass is 10.2. The Balaban J connectivity index is 1.46. The molecule has 0 amide bonds. The summed E-state index contributed by atoms with van der Waals surface area (Å²) in [6.07, 6.45) is 10.3. The van der Waals surface area contributed by atoms with E-state index in [-0.39, 0.29) is 5.56 Å². The lowest BCUT2D eigenvalue weighted by Gasteiger charge is -2.09. The van der Waals surface area contributed by atoms with Gasteiger partial charge in [0.05, 0.1) is 35.7 Å². The Morgan fingerprint density at radius 1 is 1.00 bits per heavy atom. The molecule has 0 radical (unpaired) electrons. The van der Waals surface area contributed by atoms with Crippen LogP contribution in [-0.2, 0) is 13.6 Å². The third-order valence-electron chi connectivity index (χ3n) is 4.84. The van der Waals surface area contributed by atoms with E-state index >= 15 is 0 Å². The average Bonchev–Trinajstić information content (AvgIpc) is 3.23. The van der Waals surface area contributed by atoms with E-state index in [1.807, 2.05) is 31.4 Å². The molecule has 0 fully saturated rings. The van der Waals surface area contributed by atoms with Gasteiger partial charge in [-0.15, -0.1) is 0 Å². The highest BCUT2D eigenvalue weighted by molar-refractivity contribution is 5.79. The maximum Gasteiger partial charge on any atom is 0.261 e. The van der Waals surface area contributed by atoms with Crippen LogP contribution in [0.3, 0.4) is 0 Å². The van der Waals surface area contributed by atoms with Crippen molar-refractivity contribution in [2.24, 2.45) is 7.05 Å². The first kappa shape index (κ1) is 18.7. The van der Waals surface area contributed by atoms with E-state index in [2.05, 4.69) is 20.1 Å². The zero-order valence-electron chi connectivity index (χ0n) is 16.7. The highest BCUT2D eigenvalue weighted by Crippen LogP contribution is 2.26. The second kappa shape index (κ2) is 7.83. The first-order chi connectivity index (χ1) is 15.2. The Bertz CT molecular complexity index is 1430. The molecule has 0 saturated carbocycles. The lowest BCUT2D eigenvalue weighted by molar-refractivity contribution is 0.483. The van der Waals surface area contributed by atoms with Gasteiger partial charge in [0.25, 0.3) is 5.56 Å². The molecule has 0 unspecified atom stereocenters. The fourth-order valence-electron chi connectivity index (χ4n) is 3.32. The van der Waals surface area contributed by atoms with Gasteiger partial charge in [-0.05, 0) is 35.9 Å². The Morgan fingerprint density at radius 2 is 1.90 bits per heavy atom. The van der Waals surface area contributed by atoms with Gasteiger partial charge in [0, 0.05) is 43.5 Å². The molecular formula is C23H18N6O2. The fourth-order valence-corrected chi connectivity index (χ4v) is 3.32. The maximum absolute atomic E-state index is 13.0. The van der Waals surface area contributed by atoms with Gasteiger partial charge in [-0.1, -0.05) is 6.07 Å². The van der Waals surface area contributed by atoms with Crippen LogP contribution >= 0.6 is 0 Å². The van der Waals surface area contributed by atoms with Crippen molar-refractivity contribution in [2.75, 3.05) is 0 Å². The van der Waals surface area contributed by atoms with Crippen molar-refractivity contribution in [3.05, 3.63) is 95.7 Å². The number of nitrogens with zero attached hydrogens (tertiary/aromatic N) is 6. The molecule has 8 nitrogen and oxygen atoms in total. The van der Waals surface area contributed by atoms with E-state index in [0.717, 1.165) is 16.8 Å². The van der Waals surface area contributed by atoms with E-state index in [1.165, 1.54) is 0 Å². The summed E-state index contributed by atoms with van der Waals surface area (Å²) in [6.45, 7) is 0.402. The molecule has 1 aromatic carbocycles. The van der Waals surface area contributed by atoms with Crippen LogP contribution < -0.4 is 10.3 Å². The Hall–Kier alpha value is -4.33. The summed E-state index contributed by atoms with van der Waals surface area (Å²) < 4.78 is 9.30. The fraction of sp³-hybridized carbons (Fsp3) is 0.0870. The number of rotatable bonds is 5. The number of ether oxygens (including phenoxy) is 1. The first-order valence-electron chi connectivity index (χ1n) is 9.67. The predicted octanol–water partition coefficient (Wildman–Crippen LogP) is 3.43. The molecule has 0 spiro atoms. The molecular weight excluding hydrogens is 392 g/mol. The summed E-state index contributed by atoms with van der Waals surface area (Å²) in [6, 6.07) is 12.7. The third kappa shape index (κ3) is 3.91. The molecule has 0 aliphatic rings. The quantitative estimate of drug-likeness (QED) is 0.441. The minimum Gasteiger partial charge on any atom is -0.457 e. The number of aryl methyl sites for hydroxylation is 1. The van der Waals surface area contributed by atoms with Gasteiger partial charge in [-0.2, -0.15) is 5.10 Å². The molecule has 31 heavy (non-hydrogen) atoms. The monoisotopic (exact) mass is 410 g/mol. The number of hydrogen-bond donors (Lipinski definition) is 0. The molecule has 4 heterocycles. The van der Waals surface area contributed by atoms with Crippen molar-refractivity contribution in [3.8, 4) is 22.8 Å². The van der Waals surface area contributed by atoms with Gasteiger partial charge in [-0.25, -0.2) is 4.98 Å². The summed E-state index contributed by atoms with van der Waals surface area (Å²) in [5, 5.41) is 4.67. The number of pyridine rings is 2. The standard InChI is InChI=1S/C23H18N6O2/c1-28-14-17(12-27-28)22-10-19(6-8-25-22)31-18-4-5-21-20(9-18)23(30)29(15-26-21)13-16-3-2-7-24-11-16/h2-12,14-15H,13H2,1H3. The van der Waals surface area contributed by atoms with Crippen molar-refractivity contribution in [3.63, 3.8) is 0 Å². The van der Waals surface area contributed by atoms with E-state index in [1.54, 1.807) is 64.6 Å². The van der Waals surface area contributed by atoms with E-state index in [9.17, 15) is 4.79 Å². The first-order valence-corrected chi connectivity index (χ1v) is 9.67. The summed E-state index contributed by atoms with van der Waals surface area (Å²) in [4.78, 5) is 25.9. The van der Waals surface area contributed by atoms with E-state index in [0.29, 0.717) is 28.9 Å². The second-order valence-electron chi connectivity index (χ2n) is 7.10. The number of fused-ring (bicyclic) bond motifs is 1. The van der Waals surface area contributed by atoms with Gasteiger partial charge < -0.3 is 4.74 Å². The molecule has 0 saturated heterocycles. The normalized spacial score (nSPS) is 11.0. The summed E-state index contributed by atoms with van der Waals surface area (Å²) >= 11 is 0. The second-order valence-corrected chi connectivity index (χ2v) is 7.10. The maximum atomic E-state index is 13.0. The topological polar surface area (TPSA) is 87.7 Å². The zero-order valence-corrected chi connectivity index (χ0v) is 16.7. The molecule has 5 aromatic rings. The van der Waals surface area contributed by atoms with Crippen LogP contribution in [0, 0.1) is 0 Å². The minimum atomic E-state index is -0.134. The number of hydrogen-bond acceptors (Lipinski definition) is 6. The Labute approximate surface area is 177 Å². The molecule has 0 aliphatic heterocycles. The van der Waals surface area contributed by atoms with Crippen molar-refractivity contribution in [1.82, 2.24) is 29.3 Å². The highest BCUT2D eigenvalue weighted by atomic mass is 16.5. The minimum absolute atomic E-state index is 0.134. The van der Waals surface area contributed by atoms with Crippen molar-refractivity contribution >= 4 is 10.9 Å². The smallest absolute Gasteiger partial charge is 0.261 e. The summed E-state index contributed by atoms with van der Waals surface area (Å²) in [5.41, 5.74) is 3.06. The molecule has 0 bridgehead atoms. The van der Waals surface area contributed by atoms with E-state index in [4.69, 9.17) is 4.74 Å². The Morgan fingerprint density at radius 3 is 2.71 bits per heavy atom. The van der Waals surface area contributed by atoms with Crippen LogP contribution in [0.4, 0.5) is 0 Å². The summed E-state index contributed by atoms with van der Waals surface area (Å²) in [7, 11) is 1.86. The zero-order chi connectivity index (χ0) is 21.2. The number of benzene rings is 1. The molecule has 8 heteroatoms. The van der Waals surface area contributed by atoms with E-state index < -0.39 is 0 Å². The largest absolute Gasteiger partial charge is 0.457 e. The Kier molecular flexibility index (Phi) is 4.72. The molecule has 4 aromatic heterocycles. The highest BCUT2D eigenvalue weighted by Gasteiger charge is 2.09. The SMILES string of the molecule is Cn1cc(-c2cc(Oc3ccc4ncn(Cc5cccnc5)c(=O)c4c3)ccn2)cn1. The number of aromatic nitrogens is 6. The predicted molar refractivity (Wildman–Crippen MR) is 116 cm³/mol. The van der Waals surface area contributed by atoms with Crippen molar-refractivity contribution < 1.29 is 4.74 Å². The van der Waals surface area contributed by atoms with Crippen LogP contribution in [-0.4, -0.2) is 29.3 Å². The van der Waals surface area contributed by atoms with Crippen molar-refractivity contribution in [1.29, 1.82) is 0 Å². The molecule has 152 valence electrons. The molecule has 5 rings (SSSR count). The van der Waals surface area contributed by atoms with Gasteiger partial charge >= 0.3 is 0 Å². The molecule has 0 atom stereocenters. The van der Waals surface area contributed by atoms with Gasteiger partial charge in [0.15, 0.2) is 0 Å². The lowest BCUT2D eigenvalue weighted by Crippen LogP contribution is -2.21.